The maximum Gasteiger partial charge on any atom is 0.0133 e. The van der Waals surface area contributed by atoms with E-state index < -0.39 is 0 Å². The molecule has 0 amide bonds. The normalized spacial score (nSPS) is 14.6. The third-order valence-electron chi connectivity index (χ3n) is 3.87. The van der Waals surface area contributed by atoms with Gasteiger partial charge in [-0.1, -0.05) is 45.4 Å². The van der Waals surface area contributed by atoms with E-state index in [-0.39, 0.29) is 0 Å². The number of rotatable bonds is 6. The van der Waals surface area contributed by atoms with Gasteiger partial charge < -0.3 is 5.32 Å². The molecule has 0 aromatic heterocycles. The molecule has 0 fully saturated rings. The molecule has 0 heterocycles. The minimum Gasteiger partial charge on any atom is -0.314 e. The van der Waals surface area contributed by atoms with E-state index >= 15 is 0 Å². The third-order valence-corrected chi connectivity index (χ3v) is 3.87. The number of likely N-dealkylation sites (N-methyl/N-ethyl adjacent to an activating group) is 1. The predicted octanol–water partition coefficient (Wildman–Crippen LogP) is 3.87. The van der Waals surface area contributed by atoms with Crippen LogP contribution in [-0.2, 0) is 6.42 Å². The Morgan fingerprint density at radius 2 is 1.71 bits per heavy atom. The first-order valence-corrected chi connectivity index (χ1v) is 6.88. The number of hydrogen-bond acceptors (Lipinski definition) is 1. The summed E-state index contributed by atoms with van der Waals surface area (Å²) in [6.07, 6.45) is 2.39. The van der Waals surface area contributed by atoms with Gasteiger partial charge in [0.1, 0.15) is 0 Å². The summed E-state index contributed by atoms with van der Waals surface area (Å²) in [5.41, 5.74) is 4.38. The summed E-state index contributed by atoms with van der Waals surface area (Å²) in [6, 6.07) is 7.20. The molecule has 2 atom stereocenters. The van der Waals surface area contributed by atoms with Gasteiger partial charge in [0.15, 0.2) is 0 Å². The van der Waals surface area contributed by atoms with E-state index in [1.807, 2.05) is 0 Å². The highest BCUT2D eigenvalue weighted by Crippen LogP contribution is 2.19. The van der Waals surface area contributed by atoms with Crippen LogP contribution >= 0.6 is 0 Å². The lowest BCUT2D eigenvalue weighted by Crippen LogP contribution is -2.37. The quantitative estimate of drug-likeness (QED) is 0.786. The fourth-order valence-electron chi connectivity index (χ4n) is 2.41. The van der Waals surface area contributed by atoms with Gasteiger partial charge in [0, 0.05) is 6.04 Å². The van der Waals surface area contributed by atoms with Gasteiger partial charge in [-0.3, -0.25) is 0 Å². The van der Waals surface area contributed by atoms with E-state index in [1.54, 1.807) is 0 Å². The van der Waals surface area contributed by atoms with Gasteiger partial charge in [-0.25, -0.2) is 0 Å². The van der Waals surface area contributed by atoms with Crippen molar-refractivity contribution in [2.24, 2.45) is 5.92 Å². The molecule has 1 heteroatoms. The summed E-state index contributed by atoms with van der Waals surface area (Å²) in [7, 11) is 0. The molecular weight excluding hydrogens is 206 g/mol. The van der Waals surface area contributed by atoms with Crippen molar-refractivity contribution in [1.82, 2.24) is 5.32 Å². The maximum absolute atomic E-state index is 3.64. The van der Waals surface area contributed by atoms with Crippen LogP contribution in [0.5, 0.6) is 0 Å². The van der Waals surface area contributed by atoms with Crippen LogP contribution in [0.2, 0.25) is 0 Å². The van der Waals surface area contributed by atoms with Gasteiger partial charge in [-0.15, -0.1) is 0 Å². The van der Waals surface area contributed by atoms with Crippen molar-refractivity contribution in [3.63, 3.8) is 0 Å². The average molecular weight is 233 g/mol. The number of aryl methyl sites for hydroxylation is 2. The molecule has 0 saturated heterocycles. The summed E-state index contributed by atoms with van der Waals surface area (Å²) < 4.78 is 0. The van der Waals surface area contributed by atoms with Crippen molar-refractivity contribution in [2.75, 3.05) is 6.54 Å². The van der Waals surface area contributed by atoms with Crippen molar-refractivity contribution >= 4 is 0 Å². The first-order chi connectivity index (χ1) is 8.10. The van der Waals surface area contributed by atoms with E-state index in [0.717, 1.165) is 18.9 Å². The molecule has 1 N–H and O–H groups in total. The summed E-state index contributed by atoms with van der Waals surface area (Å²) in [4.78, 5) is 0. The molecule has 0 aliphatic carbocycles. The van der Waals surface area contributed by atoms with Crippen molar-refractivity contribution in [3.05, 3.63) is 34.9 Å². The topological polar surface area (TPSA) is 12.0 Å². The molecule has 0 saturated carbocycles. The molecule has 1 aromatic rings. The number of hydrogen-bond donors (Lipinski definition) is 1. The summed E-state index contributed by atoms with van der Waals surface area (Å²) in [5, 5.41) is 3.64. The van der Waals surface area contributed by atoms with E-state index in [4.69, 9.17) is 0 Å². The van der Waals surface area contributed by atoms with Crippen molar-refractivity contribution < 1.29 is 0 Å². The monoisotopic (exact) mass is 233 g/mol. The summed E-state index contributed by atoms with van der Waals surface area (Å²) in [5.74, 6) is 0.731. The third kappa shape index (κ3) is 3.85. The fourth-order valence-corrected chi connectivity index (χ4v) is 2.41. The predicted molar refractivity (Wildman–Crippen MR) is 76.5 cm³/mol. The molecule has 0 aliphatic rings. The van der Waals surface area contributed by atoms with E-state index in [1.165, 1.54) is 23.1 Å². The van der Waals surface area contributed by atoms with Crippen LogP contribution in [0.1, 0.15) is 43.9 Å². The highest BCUT2D eigenvalue weighted by molar-refractivity contribution is 5.34. The molecule has 1 nitrogen and oxygen atoms in total. The van der Waals surface area contributed by atoms with Gasteiger partial charge in [0.2, 0.25) is 0 Å². The van der Waals surface area contributed by atoms with Gasteiger partial charge in [-0.2, -0.15) is 0 Å². The van der Waals surface area contributed by atoms with Crippen molar-refractivity contribution in [1.29, 1.82) is 0 Å². The van der Waals surface area contributed by atoms with E-state index in [9.17, 15) is 0 Å². The number of benzene rings is 1. The Labute approximate surface area is 107 Å². The Bertz CT molecular complexity index is 323. The molecule has 96 valence electrons. The van der Waals surface area contributed by atoms with Crippen LogP contribution in [0.15, 0.2) is 18.2 Å². The smallest absolute Gasteiger partial charge is 0.0133 e. The standard InChI is InChI=1S/C16H27N/c1-6-12(3)16(17-7-2)11-15-13(4)9-8-10-14(15)5/h8-10,12,16-17H,6-7,11H2,1-5H3. The molecule has 17 heavy (non-hydrogen) atoms. The number of nitrogens with one attached hydrogen (secondary N) is 1. The second-order valence-electron chi connectivity index (χ2n) is 5.12. The highest BCUT2D eigenvalue weighted by atomic mass is 14.9. The van der Waals surface area contributed by atoms with E-state index in [0.29, 0.717) is 6.04 Å². The van der Waals surface area contributed by atoms with Crippen molar-refractivity contribution in [2.45, 2.75) is 53.5 Å². The van der Waals surface area contributed by atoms with Gasteiger partial charge in [0.05, 0.1) is 0 Å². The average Bonchev–Trinajstić information content (AvgIpc) is 2.31. The Balaban J connectivity index is 2.85. The lowest BCUT2D eigenvalue weighted by molar-refractivity contribution is 0.370. The zero-order chi connectivity index (χ0) is 12.8. The van der Waals surface area contributed by atoms with Crippen LogP contribution in [0.4, 0.5) is 0 Å². The van der Waals surface area contributed by atoms with Gasteiger partial charge in [-0.05, 0) is 49.4 Å². The van der Waals surface area contributed by atoms with Crippen LogP contribution in [0, 0.1) is 19.8 Å². The van der Waals surface area contributed by atoms with E-state index in [2.05, 4.69) is 58.1 Å². The Morgan fingerprint density at radius 1 is 1.12 bits per heavy atom. The molecule has 0 bridgehead atoms. The first kappa shape index (κ1) is 14.2. The van der Waals surface area contributed by atoms with Crippen LogP contribution in [0.25, 0.3) is 0 Å². The second kappa shape index (κ2) is 6.80. The summed E-state index contributed by atoms with van der Waals surface area (Å²) >= 11 is 0. The Hall–Kier alpha value is -0.820. The van der Waals surface area contributed by atoms with Crippen molar-refractivity contribution in [3.8, 4) is 0 Å². The Kier molecular flexibility index (Phi) is 5.70. The molecule has 0 spiro atoms. The maximum atomic E-state index is 3.64. The van der Waals surface area contributed by atoms with Gasteiger partial charge >= 0.3 is 0 Å². The lowest BCUT2D eigenvalue weighted by Gasteiger charge is -2.25. The molecule has 0 radical (unpaired) electrons. The zero-order valence-electron chi connectivity index (χ0n) is 12.0. The molecule has 0 aliphatic heterocycles. The highest BCUT2D eigenvalue weighted by Gasteiger charge is 2.16. The minimum absolute atomic E-state index is 0.602. The molecule has 1 rings (SSSR count). The SMILES string of the molecule is CCNC(Cc1c(C)cccc1C)C(C)CC. The largest absolute Gasteiger partial charge is 0.314 e. The lowest BCUT2D eigenvalue weighted by atomic mass is 9.89. The van der Waals surface area contributed by atoms with Crippen LogP contribution < -0.4 is 5.32 Å². The zero-order valence-corrected chi connectivity index (χ0v) is 12.0. The molecular formula is C16H27N. The fraction of sp³-hybridized carbons (Fsp3) is 0.625. The molecule has 2 unspecified atom stereocenters. The molecule has 1 aromatic carbocycles. The Morgan fingerprint density at radius 3 is 2.18 bits per heavy atom. The second-order valence-corrected chi connectivity index (χ2v) is 5.12. The first-order valence-electron chi connectivity index (χ1n) is 6.88. The van der Waals surface area contributed by atoms with Crippen LogP contribution in [0.3, 0.4) is 0 Å². The summed E-state index contributed by atoms with van der Waals surface area (Å²) in [6.45, 7) is 12.3. The minimum atomic E-state index is 0.602. The van der Waals surface area contributed by atoms with Gasteiger partial charge in [0.25, 0.3) is 0 Å². The van der Waals surface area contributed by atoms with Crippen LogP contribution in [-0.4, -0.2) is 12.6 Å².